The first kappa shape index (κ1) is 26.9. The predicted octanol–water partition coefficient (Wildman–Crippen LogP) is 5.73. The number of carbonyl (C=O) groups is 2. The zero-order valence-corrected chi connectivity index (χ0v) is 24.3. The lowest BCUT2D eigenvalue weighted by Gasteiger charge is -2.45. The second-order valence-corrected chi connectivity index (χ2v) is 15.7. The normalized spacial score (nSPS) is 35.8. The van der Waals surface area contributed by atoms with Crippen LogP contribution in [-0.2, 0) is 9.59 Å². The van der Waals surface area contributed by atoms with E-state index in [1.54, 1.807) is 0 Å². The fourth-order valence-corrected chi connectivity index (χ4v) is 7.95. The van der Waals surface area contributed by atoms with Crippen LogP contribution in [-0.4, -0.2) is 56.6 Å². The number of likely N-dealkylation sites (tertiary alicyclic amines) is 2. The van der Waals surface area contributed by atoms with Crippen molar-refractivity contribution >= 4 is 11.6 Å². The van der Waals surface area contributed by atoms with Gasteiger partial charge in [-0.3, -0.25) is 19.4 Å². The van der Waals surface area contributed by atoms with Crippen molar-refractivity contribution in [1.29, 1.82) is 0 Å². The van der Waals surface area contributed by atoms with Gasteiger partial charge in [-0.25, -0.2) is 0 Å². The van der Waals surface area contributed by atoms with Crippen LogP contribution in [0.25, 0.3) is 0 Å². The van der Waals surface area contributed by atoms with Crippen molar-refractivity contribution in [3.8, 4) is 11.8 Å². The van der Waals surface area contributed by atoms with E-state index in [1.165, 1.54) is 6.42 Å². The molecule has 3 fully saturated rings. The molecule has 35 heavy (non-hydrogen) atoms. The molecule has 0 aromatic rings. The molecule has 4 aliphatic rings. The Morgan fingerprint density at radius 2 is 1.31 bits per heavy atom. The summed E-state index contributed by atoms with van der Waals surface area (Å²) in [7, 11) is 0. The third-order valence-electron chi connectivity index (χ3n) is 9.30. The van der Waals surface area contributed by atoms with E-state index < -0.39 is 5.41 Å². The number of rotatable bonds is 5. The van der Waals surface area contributed by atoms with Crippen molar-refractivity contribution in [2.75, 3.05) is 0 Å². The van der Waals surface area contributed by atoms with Crippen molar-refractivity contribution in [2.24, 2.45) is 28.6 Å². The van der Waals surface area contributed by atoms with Crippen LogP contribution in [0.15, 0.2) is 0 Å². The maximum atomic E-state index is 14.1. The molecule has 2 aliphatic heterocycles. The molecule has 4 rings (SSSR count). The van der Waals surface area contributed by atoms with Gasteiger partial charge in [0.05, 0.1) is 18.1 Å². The van der Waals surface area contributed by atoms with Crippen LogP contribution < -0.4 is 0 Å². The molecule has 0 radical (unpaired) electrons. The number of carbonyl (C=O) groups excluding carboxylic acids is 2. The maximum Gasteiger partial charge on any atom is 0.155 e. The van der Waals surface area contributed by atoms with Crippen LogP contribution in [0.5, 0.6) is 0 Å². The molecule has 196 valence electrons. The first-order valence-corrected chi connectivity index (χ1v) is 14.0. The van der Waals surface area contributed by atoms with Gasteiger partial charge in [-0.1, -0.05) is 46.5 Å². The topological polar surface area (TPSA) is 40.6 Å². The van der Waals surface area contributed by atoms with Crippen LogP contribution in [0.2, 0.25) is 0 Å². The summed E-state index contributed by atoms with van der Waals surface area (Å²) >= 11 is 0. The van der Waals surface area contributed by atoms with Crippen LogP contribution >= 0.6 is 0 Å². The Hall–Kier alpha value is -1.18. The van der Waals surface area contributed by atoms with Gasteiger partial charge in [-0.05, 0) is 85.5 Å². The maximum absolute atomic E-state index is 14.1. The van der Waals surface area contributed by atoms with Gasteiger partial charge in [0.1, 0.15) is 0 Å². The third kappa shape index (κ3) is 4.66. The van der Waals surface area contributed by atoms with Gasteiger partial charge in [-0.15, -0.1) is 0 Å². The van der Waals surface area contributed by atoms with Crippen molar-refractivity contribution in [3.05, 3.63) is 0 Å². The van der Waals surface area contributed by atoms with E-state index >= 15 is 0 Å². The Balaban J connectivity index is 1.56. The third-order valence-corrected chi connectivity index (χ3v) is 9.30. The average molecular weight is 483 g/mol. The van der Waals surface area contributed by atoms with Gasteiger partial charge in [0.15, 0.2) is 11.6 Å². The van der Waals surface area contributed by atoms with Crippen molar-refractivity contribution < 1.29 is 9.59 Å². The molecule has 0 spiro atoms. The minimum absolute atomic E-state index is 0.00870. The van der Waals surface area contributed by atoms with Crippen molar-refractivity contribution in [3.63, 3.8) is 0 Å². The van der Waals surface area contributed by atoms with Crippen LogP contribution in [0.4, 0.5) is 0 Å². The zero-order chi connectivity index (χ0) is 26.3. The van der Waals surface area contributed by atoms with Crippen LogP contribution in [0.1, 0.15) is 108 Å². The number of fused-ring (bicyclic) bond motifs is 2. The molecule has 1 saturated carbocycles. The highest BCUT2D eigenvalue weighted by Gasteiger charge is 2.57. The molecule has 0 bridgehead atoms. The largest absolute Gasteiger partial charge is 0.297 e. The minimum Gasteiger partial charge on any atom is -0.297 e. The van der Waals surface area contributed by atoms with Gasteiger partial charge >= 0.3 is 0 Å². The Labute approximate surface area is 215 Å². The van der Waals surface area contributed by atoms with E-state index in [0.717, 1.165) is 25.7 Å². The molecule has 4 heteroatoms. The lowest BCUT2D eigenvalue weighted by Crippen LogP contribution is -2.56. The SMILES string of the molecule is CC(C)(C)C(=O)[C@@H]1C[C@H]2CCC(CC(C)(C)C(=O)[C@@H]3C[C@H]4C#C[C@H]4N3C(C)(C)C)[C@H]2N1C(C)(C)C. The molecule has 0 aromatic carbocycles. The highest BCUT2D eigenvalue weighted by Crippen LogP contribution is 2.52. The molecular formula is C31H50N2O2. The van der Waals surface area contributed by atoms with E-state index in [-0.39, 0.29) is 34.6 Å². The predicted molar refractivity (Wildman–Crippen MR) is 143 cm³/mol. The van der Waals surface area contributed by atoms with Gasteiger partial charge in [0.25, 0.3) is 0 Å². The van der Waals surface area contributed by atoms with Gasteiger partial charge in [0.2, 0.25) is 0 Å². The van der Waals surface area contributed by atoms with Gasteiger partial charge in [0, 0.05) is 33.9 Å². The summed E-state index contributed by atoms with van der Waals surface area (Å²) in [5.41, 5.74) is -0.879. The smallest absolute Gasteiger partial charge is 0.155 e. The van der Waals surface area contributed by atoms with E-state index in [9.17, 15) is 9.59 Å². The first-order chi connectivity index (χ1) is 15.8. The number of hydrogen-bond acceptors (Lipinski definition) is 4. The highest BCUT2D eigenvalue weighted by molar-refractivity contribution is 5.90. The molecule has 1 unspecified atom stereocenters. The number of hydrogen-bond donors (Lipinski definition) is 0. The van der Waals surface area contributed by atoms with Gasteiger partial charge in [-0.2, -0.15) is 0 Å². The van der Waals surface area contributed by atoms with E-state index in [4.69, 9.17) is 0 Å². The Bertz CT molecular complexity index is 932. The quantitative estimate of drug-likeness (QED) is 0.469. The molecule has 2 saturated heterocycles. The molecule has 2 aliphatic carbocycles. The molecule has 7 atom stereocenters. The summed E-state index contributed by atoms with van der Waals surface area (Å²) < 4.78 is 0. The van der Waals surface area contributed by atoms with Crippen molar-refractivity contribution in [1.82, 2.24) is 9.80 Å². The Morgan fingerprint density at radius 3 is 1.80 bits per heavy atom. The summed E-state index contributed by atoms with van der Waals surface area (Å²) in [5.74, 6) is 8.78. The number of nitrogens with zero attached hydrogens (tertiary/aromatic N) is 2. The highest BCUT2D eigenvalue weighted by atomic mass is 16.1. The lowest BCUT2D eigenvalue weighted by atomic mass is 9.74. The Kier molecular flexibility index (Phi) is 6.46. The second kappa shape index (κ2) is 8.42. The number of Topliss-reactive ketones (excluding diaryl/α,β-unsaturated/α-hetero) is 2. The molecule has 0 aromatic heterocycles. The summed E-state index contributed by atoms with van der Waals surface area (Å²) in [5, 5.41) is 0. The molecule has 0 N–H and O–H groups in total. The summed E-state index contributed by atoms with van der Waals surface area (Å²) in [6.07, 6.45) is 5.10. The second-order valence-electron chi connectivity index (χ2n) is 15.7. The first-order valence-electron chi connectivity index (χ1n) is 14.0. The summed E-state index contributed by atoms with van der Waals surface area (Å²) in [6.45, 7) is 24.0. The summed E-state index contributed by atoms with van der Waals surface area (Å²) in [6, 6.07) is 0.564. The fraction of sp³-hybridized carbons (Fsp3) is 0.871. The fourth-order valence-electron chi connectivity index (χ4n) is 7.95. The van der Waals surface area contributed by atoms with Crippen LogP contribution in [0.3, 0.4) is 0 Å². The zero-order valence-electron chi connectivity index (χ0n) is 24.3. The van der Waals surface area contributed by atoms with Crippen LogP contribution in [0, 0.1) is 40.4 Å². The lowest BCUT2D eigenvalue weighted by molar-refractivity contribution is -0.136. The summed E-state index contributed by atoms with van der Waals surface area (Å²) in [4.78, 5) is 32.6. The standard InChI is InChI=1S/C31H50N2O2/c1-28(2,3)26(34)23-17-20-12-13-21(25(20)33(23)30(7,8)9)18-31(10,11)27(35)24-16-19-14-15-22(19)32(24)29(4,5)6/h19-25H,12-13,16-18H2,1-11H3/t19-,20-,21?,22-,23+,24+,25+/m1/s1. The number of ketones is 2. The molecular weight excluding hydrogens is 432 g/mol. The van der Waals surface area contributed by atoms with E-state index in [2.05, 4.69) is 97.8 Å². The minimum atomic E-state index is -0.396. The monoisotopic (exact) mass is 482 g/mol. The van der Waals surface area contributed by atoms with E-state index in [0.29, 0.717) is 35.4 Å². The average Bonchev–Trinajstić information content (AvgIpc) is 3.30. The Morgan fingerprint density at radius 1 is 0.743 bits per heavy atom. The van der Waals surface area contributed by atoms with E-state index in [1.807, 2.05) is 0 Å². The molecule has 4 nitrogen and oxygen atoms in total. The molecule has 0 amide bonds. The van der Waals surface area contributed by atoms with Crippen molar-refractivity contribution in [2.45, 2.75) is 144 Å². The van der Waals surface area contributed by atoms with Gasteiger partial charge < -0.3 is 0 Å². The molecule has 2 heterocycles.